The van der Waals surface area contributed by atoms with E-state index in [1.165, 1.54) is 6.07 Å². The maximum atomic E-state index is 13.6. The third kappa shape index (κ3) is 4.03. The van der Waals surface area contributed by atoms with E-state index >= 15 is 0 Å². The summed E-state index contributed by atoms with van der Waals surface area (Å²) in [5.41, 5.74) is 1.83. The molecule has 26 heavy (non-hydrogen) atoms. The molecule has 7 heteroatoms. The molecule has 2 aromatic carbocycles. The topological polar surface area (TPSA) is 60.2 Å². The van der Waals surface area contributed by atoms with Crippen LogP contribution in [-0.4, -0.2) is 23.2 Å². The SMILES string of the molecule is Cl.Fc1ccccc1OCc1ccc(-c2noc([C@H]3CCNC3)n2)cc1. The normalized spacial score (nSPS) is 16.3. The zero-order chi connectivity index (χ0) is 17.1. The molecule has 1 aliphatic rings. The van der Waals surface area contributed by atoms with Crippen molar-refractivity contribution in [2.75, 3.05) is 13.1 Å². The van der Waals surface area contributed by atoms with E-state index in [1.807, 2.05) is 24.3 Å². The third-order valence-electron chi connectivity index (χ3n) is 4.29. The maximum absolute atomic E-state index is 13.6. The van der Waals surface area contributed by atoms with Crippen molar-refractivity contribution in [1.82, 2.24) is 15.5 Å². The van der Waals surface area contributed by atoms with Gasteiger partial charge in [-0.1, -0.05) is 41.6 Å². The second-order valence-electron chi connectivity index (χ2n) is 6.06. The minimum Gasteiger partial charge on any atom is -0.486 e. The molecule has 1 fully saturated rings. The van der Waals surface area contributed by atoms with E-state index < -0.39 is 0 Å². The van der Waals surface area contributed by atoms with Crippen LogP contribution in [0, 0.1) is 5.82 Å². The first-order valence-electron chi connectivity index (χ1n) is 8.30. The van der Waals surface area contributed by atoms with Gasteiger partial charge in [-0.25, -0.2) is 4.39 Å². The number of aromatic nitrogens is 2. The van der Waals surface area contributed by atoms with E-state index in [9.17, 15) is 4.39 Å². The largest absolute Gasteiger partial charge is 0.486 e. The average Bonchev–Trinajstić information content (AvgIpc) is 3.33. The van der Waals surface area contributed by atoms with Gasteiger partial charge in [0.2, 0.25) is 11.7 Å². The van der Waals surface area contributed by atoms with Crippen molar-refractivity contribution in [1.29, 1.82) is 0 Å². The molecule has 1 aliphatic heterocycles. The average molecular weight is 376 g/mol. The summed E-state index contributed by atoms with van der Waals surface area (Å²) in [6, 6.07) is 14.1. The summed E-state index contributed by atoms with van der Waals surface area (Å²) in [4.78, 5) is 4.50. The van der Waals surface area contributed by atoms with Crippen molar-refractivity contribution in [3.05, 3.63) is 65.8 Å². The van der Waals surface area contributed by atoms with E-state index in [1.54, 1.807) is 18.2 Å². The van der Waals surface area contributed by atoms with Gasteiger partial charge in [-0.15, -0.1) is 12.4 Å². The number of hydrogen-bond donors (Lipinski definition) is 1. The monoisotopic (exact) mass is 375 g/mol. The van der Waals surface area contributed by atoms with Crippen LogP contribution in [0.5, 0.6) is 5.75 Å². The highest BCUT2D eigenvalue weighted by Gasteiger charge is 2.22. The highest BCUT2D eigenvalue weighted by molar-refractivity contribution is 5.85. The van der Waals surface area contributed by atoms with Crippen LogP contribution in [0.25, 0.3) is 11.4 Å². The summed E-state index contributed by atoms with van der Waals surface area (Å²) < 4.78 is 24.4. The first-order chi connectivity index (χ1) is 12.3. The minimum absolute atomic E-state index is 0. The quantitative estimate of drug-likeness (QED) is 0.731. The van der Waals surface area contributed by atoms with Crippen molar-refractivity contribution in [2.45, 2.75) is 18.9 Å². The van der Waals surface area contributed by atoms with Crippen LogP contribution < -0.4 is 10.1 Å². The summed E-state index contributed by atoms with van der Waals surface area (Å²) in [7, 11) is 0. The fraction of sp³-hybridized carbons (Fsp3) is 0.263. The molecule has 0 saturated carbocycles. The highest BCUT2D eigenvalue weighted by Crippen LogP contribution is 2.24. The third-order valence-corrected chi connectivity index (χ3v) is 4.29. The summed E-state index contributed by atoms with van der Waals surface area (Å²) in [6.07, 6.45) is 1.02. The van der Waals surface area contributed by atoms with Crippen LogP contribution in [0.15, 0.2) is 53.1 Å². The number of nitrogens with one attached hydrogen (secondary N) is 1. The van der Waals surface area contributed by atoms with Gasteiger partial charge >= 0.3 is 0 Å². The molecule has 0 spiro atoms. The van der Waals surface area contributed by atoms with Gasteiger partial charge in [0, 0.05) is 12.1 Å². The van der Waals surface area contributed by atoms with E-state index in [-0.39, 0.29) is 24.0 Å². The molecule has 2 heterocycles. The van der Waals surface area contributed by atoms with Crippen LogP contribution in [0.1, 0.15) is 23.8 Å². The Bertz CT molecular complexity index is 848. The zero-order valence-electron chi connectivity index (χ0n) is 14.0. The summed E-state index contributed by atoms with van der Waals surface area (Å²) in [6.45, 7) is 2.17. The molecular formula is C19H19ClFN3O2. The van der Waals surface area contributed by atoms with Crippen LogP contribution in [0.3, 0.4) is 0 Å². The van der Waals surface area contributed by atoms with Crippen LogP contribution in [-0.2, 0) is 6.61 Å². The highest BCUT2D eigenvalue weighted by atomic mass is 35.5. The maximum Gasteiger partial charge on any atom is 0.231 e. The molecule has 5 nitrogen and oxygen atoms in total. The Kier molecular flexibility index (Phi) is 5.85. The molecule has 0 bridgehead atoms. The first-order valence-corrected chi connectivity index (χ1v) is 8.30. The van der Waals surface area contributed by atoms with Crippen molar-refractivity contribution < 1.29 is 13.7 Å². The van der Waals surface area contributed by atoms with E-state index in [0.29, 0.717) is 24.2 Å². The van der Waals surface area contributed by atoms with Gasteiger partial charge in [0.05, 0.1) is 5.92 Å². The lowest BCUT2D eigenvalue weighted by molar-refractivity contribution is 0.290. The lowest BCUT2D eigenvalue weighted by atomic mass is 10.1. The molecule has 1 aromatic heterocycles. The first kappa shape index (κ1) is 18.4. The molecule has 0 radical (unpaired) electrons. The predicted octanol–water partition coefficient (Wildman–Crippen LogP) is 3.95. The smallest absolute Gasteiger partial charge is 0.231 e. The van der Waals surface area contributed by atoms with Crippen LogP contribution in [0.2, 0.25) is 0 Å². The van der Waals surface area contributed by atoms with Gasteiger partial charge in [-0.05, 0) is 30.7 Å². The lowest BCUT2D eigenvalue weighted by Crippen LogP contribution is -2.08. The van der Waals surface area contributed by atoms with Gasteiger partial charge < -0.3 is 14.6 Å². The summed E-state index contributed by atoms with van der Waals surface area (Å²) in [5.74, 6) is 1.46. The molecule has 3 aromatic rings. The summed E-state index contributed by atoms with van der Waals surface area (Å²) >= 11 is 0. The molecule has 1 atom stereocenters. The standard InChI is InChI=1S/C19H18FN3O2.ClH/c20-16-3-1-2-4-17(16)24-12-13-5-7-14(8-6-13)18-22-19(25-23-18)15-9-10-21-11-15;/h1-8,15,21H,9-12H2;1H/t15-;/m0./s1. The lowest BCUT2D eigenvalue weighted by Gasteiger charge is -2.07. The number of nitrogens with zero attached hydrogens (tertiary/aromatic N) is 2. The fourth-order valence-electron chi connectivity index (χ4n) is 2.86. The molecule has 1 N–H and O–H groups in total. The minimum atomic E-state index is -0.361. The van der Waals surface area contributed by atoms with E-state index in [0.717, 1.165) is 30.6 Å². The summed E-state index contributed by atoms with van der Waals surface area (Å²) in [5, 5.41) is 7.36. The van der Waals surface area contributed by atoms with E-state index in [4.69, 9.17) is 9.26 Å². The molecule has 0 amide bonds. The van der Waals surface area contributed by atoms with Gasteiger partial charge in [0.15, 0.2) is 11.6 Å². The number of rotatable bonds is 5. The number of ether oxygens (including phenoxy) is 1. The van der Waals surface area contributed by atoms with Crippen molar-refractivity contribution in [3.8, 4) is 17.1 Å². The van der Waals surface area contributed by atoms with Gasteiger partial charge in [0.25, 0.3) is 0 Å². The second kappa shape index (κ2) is 8.29. The Morgan fingerprint density at radius 3 is 2.69 bits per heavy atom. The Morgan fingerprint density at radius 2 is 1.96 bits per heavy atom. The van der Waals surface area contributed by atoms with Gasteiger partial charge in [-0.2, -0.15) is 4.98 Å². The molecule has 0 aliphatic carbocycles. The molecule has 0 unspecified atom stereocenters. The molecule has 4 rings (SSSR count). The fourth-order valence-corrected chi connectivity index (χ4v) is 2.86. The van der Waals surface area contributed by atoms with Gasteiger partial charge in [0.1, 0.15) is 6.61 Å². The zero-order valence-corrected chi connectivity index (χ0v) is 14.8. The van der Waals surface area contributed by atoms with Gasteiger partial charge in [-0.3, -0.25) is 0 Å². The van der Waals surface area contributed by atoms with Crippen LogP contribution >= 0.6 is 12.4 Å². The Labute approximate surface area is 157 Å². The second-order valence-corrected chi connectivity index (χ2v) is 6.06. The Balaban J connectivity index is 0.00000196. The van der Waals surface area contributed by atoms with Crippen molar-refractivity contribution >= 4 is 12.4 Å². The molecule has 1 saturated heterocycles. The number of benzene rings is 2. The van der Waals surface area contributed by atoms with Crippen LogP contribution in [0.4, 0.5) is 4.39 Å². The number of halogens is 2. The number of para-hydroxylation sites is 1. The molecule has 136 valence electrons. The Hall–Kier alpha value is -2.44. The number of hydrogen-bond acceptors (Lipinski definition) is 5. The molecular weight excluding hydrogens is 357 g/mol. The van der Waals surface area contributed by atoms with Crippen molar-refractivity contribution in [2.24, 2.45) is 0 Å². The predicted molar refractivity (Wildman–Crippen MR) is 97.9 cm³/mol. The Morgan fingerprint density at radius 1 is 1.15 bits per heavy atom. The van der Waals surface area contributed by atoms with E-state index in [2.05, 4.69) is 15.5 Å². The van der Waals surface area contributed by atoms with Crippen molar-refractivity contribution in [3.63, 3.8) is 0 Å².